The van der Waals surface area contributed by atoms with Crippen LogP contribution in [0.2, 0.25) is 5.02 Å². The number of rotatable bonds is 7. The first-order valence-electron chi connectivity index (χ1n) is 12.0. The summed E-state index contributed by atoms with van der Waals surface area (Å²) >= 11 is 6.37. The average Bonchev–Trinajstić information content (AvgIpc) is 3.32. The smallest absolute Gasteiger partial charge is 0.339 e. The van der Waals surface area contributed by atoms with Crippen LogP contribution in [0.1, 0.15) is 29.7 Å². The zero-order valence-electron chi connectivity index (χ0n) is 21.1. The number of fused-ring (bicyclic) bond motifs is 1. The van der Waals surface area contributed by atoms with Gasteiger partial charge < -0.3 is 18.2 Å². The predicted molar refractivity (Wildman–Crippen MR) is 146 cm³/mol. The molecule has 0 radical (unpaired) electrons. The highest BCUT2D eigenvalue weighted by Gasteiger charge is 2.33. The van der Waals surface area contributed by atoms with Gasteiger partial charge in [0.25, 0.3) is 5.56 Å². The first-order valence-corrected chi connectivity index (χ1v) is 13.8. The fourth-order valence-electron chi connectivity index (χ4n) is 4.54. The van der Waals surface area contributed by atoms with Gasteiger partial charge in [-0.15, -0.1) is 0 Å². The number of aryl methyl sites for hydroxylation is 1. The average molecular weight is 555 g/mol. The van der Waals surface area contributed by atoms with E-state index in [-0.39, 0.29) is 41.1 Å². The zero-order valence-corrected chi connectivity index (χ0v) is 22.7. The van der Waals surface area contributed by atoms with Crippen molar-refractivity contribution >= 4 is 32.6 Å². The number of hydrogen-bond donors (Lipinski definition) is 1. The summed E-state index contributed by atoms with van der Waals surface area (Å²) in [5.74, 6) is 0.638. The third-order valence-corrected chi connectivity index (χ3v) is 7.98. The minimum atomic E-state index is -4.27. The Kier molecular flexibility index (Phi) is 7.19. The van der Waals surface area contributed by atoms with Crippen molar-refractivity contribution in [3.63, 3.8) is 0 Å². The van der Waals surface area contributed by atoms with Crippen LogP contribution in [0.5, 0.6) is 11.5 Å². The molecular formula is C28H27ClN2O6S. The molecular weight excluding hydrogens is 528 g/mol. The van der Waals surface area contributed by atoms with Gasteiger partial charge in [-0.05, 0) is 61.9 Å². The van der Waals surface area contributed by atoms with E-state index in [0.717, 1.165) is 11.1 Å². The molecule has 5 rings (SSSR count). The van der Waals surface area contributed by atoms with Gasteiger partial charge in [-0.2, -0.15) is 8.42 Å². The Balaban J connectivity index is 1.73. The molecule has 4 aromatic rings. The summed E-state index contributed by atoms with van der Waals surface area (Å²) in [5, 5.41) is 3.99. The van der Waals surface area contributed by atoms with Gasteiger partial charge in [-0.25, -0.2) is 0 Å². The zero-order chi connectivity index (χ0) is 27.0. The van der Waals surface area contributed by atoms with E-state index in [1.807, 2.05) is 38.1 Å². The minimum absolute atomic E-state index is 0.0179. The molecule has 2 atom stereocenters. The van der Waals surface area contributed by atoms with Crippen LogP contribution in [-0.2, 0) is 21.4 Å². The molecule has 1 aromatic heterocycles. The largest absolute Gasteiger partial charge is 0.497 e. The molecule has 10 heteroatoms. The van der Waals surface area contributed by atoms with Crippen molar-refractivity contribution in [2.45, 2.75) is 37.6 Å². The van der Waals surface area contributed by atoms with Gasteiger partial charge in [-0.3, -0.25) is 10.1 Å². The molecule has 1 aliphatic rings. The number of halogens is 1. The summed E-state index contributed by atoms with van der Waals surface area (Å²) in [4.78, 5) is 14.1. The van der Waals surface area contributed by atoms with Crippen molar-refractivity contribution in [2.75, 3.05) is 13.7 Å². The van der Waals surface area contributed by atoms with E-state index in [1.54, 1.807) is 42.0 Å². The molecule has 0 aliphatic carbocycles. The molecule has 38 heavy (non-hydrogen) atoms. The van der Waals surface area contributed by atoms with Gasteiger partial charge in [0.05, 0.1) is 37.4 Å². The third-order valence-electron chi connectivity index (χ3n) is 6.51. The van der Waals surface area contributed by atoms with Crippen LogP contribution in [0.25, 0.3) is 10.9 Å². The maximum atomic E-state index is 14.1. The molecule has 0 bridgehead atoms. The van der Waals surface area contributed by atoms with Gasteiger partial charge in [0.15, 0.2) is 5.75 Å². The Hall–Kier alpha value is -3.37. The summed E-state index contributed by atoms with van der Waals surface area (Å²) in [7, 11) is -2.68. The lowest BCUT2D eigenvalue weighted by molar-refractivity contribution is 0.115. The fraction of sp³-hybridized carbons (Fsp3) is 0.250. The predicted octanol–water partition coefficient (Wildman–Crippen LogP) is 4.79. The van der Waals surface area contributed by atoms with Crippen LogP contribution in [0.4, 0.5) is 0 Å². The number of methoxy groups -OCH3 is 1. The van der Waals surface area contributed by atoms with Gasteiger partial charge in [0.2, 0.25) is 0 Å². The summed E-state index contributed by atoms with van der Waals surface area (Å²) in [6.07, 6.45) is -0.328. The number of nitrogens with zero attached hydrogens (tertiary/aromatic N) is 1. The topological polar surface area (TPSA) is 95.9 Å². The molecule has 0 amide bonds. The van der Waals surface area contributed by atoms with Crippen LogP contribution in [0.3, 0.4) is 0 Å². The molecule has 0 spiro atoms. The van der Waals surface area contributed by atoms with Gasteiger partial charge >= 0.3 is 10.1 Å². The normalized spacial score (nSPS) is 17.6. The molecule has 2 unspecified atom stereocenters. The van der Waals surface area contributed by atoms with Crippen molar-refractivity contribution in [3.8, 4) is 11.5 Å². The first-order chi connectivity index (χ1) is 18.2. The maximum Gasteiger partial charge on any atom is 0.339 e. The van der Waals surface area contributed by atoms with Crippen LogP contribution in [0, 0.1) is 6.92 Å². The Morgan fingerprint density at radius 3 is 2.42 bits per heavy atom. The van der Waals surface area contributed by atoms with Gasteiger partial charge in [0, 0.05) is 10.4 Å². The molecule has 1 fully saturated rings. The van der Waals surface area contributed by atoms with Gasteiger partial charge in [-0.1, -0.05) is 41.4 Å². The van der Waals surface area contributed by atoms with Crippen LogP contribution < -0.4 is 19.8 Å². The molecule has 3 aromatic carbocycles. The lowest BCUT2D eigenvalue weighted by Gasteiger charge is -2.21. The van der Waals surface area contributed by atoms with E-state index >= 15 is 0 Å². The molecule has 1 aliphatic heterocycles. The number of aromatic nitrogens is 1. The summed E-state index contributed by atoms with van der Waals surface area (Å²) in [6.45, 7) is 4.09. The van der Waals surface area contributed by atoms with E-state index < -0.39 is 16.2 Å². The summed E-state index contributed by atoms with van der Waals surface area (Å²) in [5.41, 5.74) is 2.03. The SMILES string of the molecule is COc1ccc(Cn2c(=O)c(C3COC(C)N3)c(OS(=O)(=O)c3ccc(C)cc3)c3cc(Cl)ccc32)cc1. The van der Waals surface area contributed by atoms with Crippen molar-refractivity contribution in [1.82, 2.24) is 9.88 Å². The van der Waals surface area contributed by atoms with E-state index in [2.05, 4.69) is 5.32 Å². The second-order valence-electron chi connectivity index (χ2n) is 9.19. The van der Waals surface area contributed by atoms with Gasteiger partial charge in [0.1, 0.15) is 16.9 Å². The summed E-state index contributed by atoms with van der Waals surface area (Å²) < 4.78 is 45.1. The van der Waals surface area contributed by atoms with Crippen molar-refractivity contribution in [2.24, 2.45) is 0 Å². The fourth-order valence-corrected chi connectivity index (χ4v) is 5.68. The Bertz CT molecular complexity index is 1650. The number of nitrogens with one attached hydrogen (secondary N) is 1. The highest BCUT2D eigenvalue weighted by molar-refractivity contribution is 7.87. The second-order valence-corrected chi connectivity index (χ2v) is 11.2. The molecule has 1 saturated heterocycles. The molecule has 2 heterocycles. The number of pyridine rings is 1. The van der Waals surface area contributed by atoms with Crippen LogP contribution in [0.15, 0.2) is 76.4 Å². The van der Waals surface area contributed by atoms with Crippen LogP contribution in [-0.4, -0.2) is 32.9 Å². The van der Waals surface area contributed by atoms with Crippen molar-refractivity contribution in [3.05, 3.63) is 98.8 Å². The third kappa shape index (κ3) is 5.15. The number of ether oxygens (including phenoxy) is 2. The minimum Gasteiger partial charge on any atom is -0.497 e. The molecule has 0 saturated carbocycles. The lowest BCUT2D eigenvalue weighted by atomic mass is 10.0. The van der Waals surface area contributed by atoms with Crippen molar-refractivity contribution < 1.29 is 22.1 Å². The Morgan fingerprint density at radius 1 is 1.08 bits per heavy atom. The number of benzene rings is 3. The van der Waals surface area contributed by atoms with E-state index in [4.69, 9.17) is 25.3 Å². The second kappa shape index (κ2) is 10.4. The van der Waals surface area contributed by atoms with Crippen molar-refractivity contribution in [1.29, 1.82) is 0 Å². The first kappa shape index (κ1) is 26.2. The summed E-state index contributed by atoms with van der Waals surface area (Å²) in [6, 6.07) is 18.1. The van der Waals surface area contributed by atoms with E-state index in [1.165, 1.54) is 12.1 Å². The standard InChI is InChI=1S/C28H27ClN2O6S/c1-17-4-11-22(12-5-17)38(33,34)37-27-23-14-20(29)8-13-25(23)31(15-19-6-9-21(35-3)10-7-19)28(32)26(27)24-16-36-18(2)30-24/h4-14,18,24,30H,15-16H2,1-3H3. The van der Waals surface area contributed by atoms with E-state index in [0.29, 0.717) is 21.7 Å². The number of hydrogen-bond acceptors (Lipinski definition) is 7. The molecule has 8 nitrogen and oxygen atoms in total. The monoisotopic (exact) mass is 554 g/mol. The molecule has 198 valence electrons. The molecule has 1 N–H and O–H groups in total. The highest BCUT2D eigenvalue weighted by atomic mass is 35.5. The highest BCUT2D eigenvalue weighted by Crippen LogP contribution is 2.36. The quantitative estimate of drug-likeness (QED) is 0.328. The Labute approximate surface area is 225 Å². The Morgan fingerprint density at radius 2 is 1.79 bits per heavy atom. The maximum absolute atomic E-state index is 14.1. The van der Waals surface area contributed by atoms with Crippen LogP contribution >= 0.6 is 11.6 Å². The lowest BCUT2D eigenvalue weighted by Crippen LogP contribution is -2.33. The van der Waals surface area contributed by atoms with E-state index in [9.17, 15) is 13.2 Å².